The molecule has 1 aromatic heterocycles. The Morgan fingerprint density at radius 3 is 2.84 bits per heavy atom. The summed E-state index contributed by atoms with van der Waals surface area (Å²) in [6.07, 6.45) is 8.29. The van der Waals surface area contributed by atoms with Crippen LogP contribution in [-0.4, -0.2) is 51.0 Å². The van der Waals surface area contributed by atoms with Gasteiger partial charge in [-0.25, -0.2) is 0 Å². The fourth-order valence-electron chi connectivity index (χ4n) is 3.98. The van der Waals surface area contributed by atoms with Gasteiger partial charge in [0.05, 0.1) is 18.7 Å². The molecule has 25 heavy (non-hydrogen) atoms. The summed E-state index contributed by atoms with van der Waals surface area (Å²) in [5, 5.41) is 4.27. The standard InChI is InChI=1S/C19H28N4O2/c1-4-22(12-14-11-20-23(5-2)13-14)18(24)10-16-15-8-6-7-9-17(15)21(3)19(16)25/h11,13,17H,4-10,12H2,1-3H3. The summed E-state index contributed by atoms with van der Waals surface area (Å²) in [5.41, 5.74) is 2.99. The first-order chi connectivity index (χ1) is 12.0. The molecule has 2 heterocycles. The van der Waals surface area contributed by atoms with E-state index in [2.05, 4.69) is 5.10 Å². The number of rotatable bonds is 6. The number of aryl methyl sites for hydroxylation is 1. The van der Waals surface area contributed by atoms with E-state index in [4.69, 9.17) is 0 Å². The van der Waals surface area contributed by atoms with E-state index in [0.29, 0.717) is 13.1 Å². The molecule has 1 aliphatic carbocycles. The molecule has 1 fully saturated rings. The molecule has 1 unspecified atom stereocenters. The minimum atomic E-state index is 0.0298. The quantitative estimate of drug-likeness (QED) is 0.796. The van der Waals surface area contributed by atoms with Crippen molar-refractivity contribution < 1.29 is 9.59 Å². The fraction of sp³-hybridized carbons (Fsp3) is 0.632. The third-order valence-corrected chi connectivity index (χ3v) is 5.46. The minimum absolute atomic E-state index is 0.0298. The third-order valence-electron chi connectivity index (χ3n) is 5.46. The van der Waals surface area contributed by atoms with Crippen LogP contribution in [0.5, 0.6) is 0 Å². The molecule has 2 amide bonds. The lowest BCUT2D eigenvalue weighted by molar-refractivity contribution is -0.133. The SMILES string of the molecule is CCN(Cc1cnn(CC)c1)C(=O)CC1=C2CCCCC2N(C)C1=O. The largest absolute Gasteiger partial charge is 0.338 e. The van der Waals surface area contributed by atoms with Crippen LogP contribution in [0.1, 0.15) is 51.5 Å². The summed E-state index contributed by atoms with van der Waals surface area (Å²) in [6, 6.07) is 0.224. The number of carbonyl (C=O) groups is 2. The van der Waals surface area contributed by atoms with Crippen molar-refractivity contribution >= 4 is 11.8 Å². The van der Waals surface area contributed by atoms with E-state index in [9.17, 15) is 9.59 Å². The number of hydrogen-bond acceptors (Lipinski definition) is 3. The van der Waals surface area contributed by atoms with Crippen molar-refractivity contribution in [2.45, 2.75) is 65.1 Å². The summed E-state index contributed by atoms with van der Waals surface area (Å²) < 4.78 is 1.86. The molecule has 2 aliphatic rings. The molecule has 0 N–H and O–H groups in total. The Hall–Kier alpha value is -2.11. The van der Waals surface area contributed by atoms with E-state index in [-0.39, 0.29) is 24.3 Å². The summed E-state index contributed by atoms with van der Waals surface area (Å²) in [7, 11) is 1.87. The van der Waals surface area contributed by atoms with Crippen molar-refractivity contribution in [1.82, 2.24) is 19.6 Å². The van der Waals surface area contributed by atoms with Crippen LogP contribution in [0.3, 0.4) is 0 Å². The first kappa shape index (κ1) is 17.7. The Morgan fingerprint density at radius 2 is 2.16 bits per heavy atom. The number of nitrogens with zero attached hydrogens (tertiary/aromatic N) is 4. The van der Waals surface area contributed by atoms with E-state index in [0.717, 1.165) is 43.4 Å². The van der Waals surface area contributed by atoms with E-state index in [1.165, 1.54) is 5.57 Å². The smallest absolute Gasteiger partial charge is 0.250 e. The van der Waals surface area contributed by atoms with E-state index >= 15 is 0 Å². The normalized spacial score (nSPS) is 20.2. The van der Waals surface area contributed by atoms with Crippen LogP contribution >= 0.6 is 0 Å². The molecule has 1 atom stereocenters. The first-order valence-corrected chi connectivity index (χ1v) is 9.33. The number of likely N-dealkylation sites (N-methyl/N-ethyl adjacent to an activating group) is 1. The van der Waals surface area contributed by atoms with Crippen molar-refractivity contribution in [3.8, 4) is 0 Å². The zero-order chi connectivity index (χ0) is 18.0. The van der Waals surface area contributed by atoms with Gasteiger partial charge in [-0.15, -0.1) is 0 Å². The van der Waals surface area contributed by atoms with E-state index < -0.39 is 0 Å². The van der Waals surface area contributed by atoms with Gasteiger partial charge in [-0.05, 0) is 38.7 Å². The van der Waals surface area contributed by atoms with Gasteiger partial charge in [0.15, 0.2) is 0 Å². The van der Waals surface area contributed by atoms with Crippen LogP contribution in [0.2, 0.25) is 0 Å². The zero-order valence-corrected chi connectivity index (χ0v) is 15.5. The molecule has 1 saturated carbocycles. The Labute approximate surface area is 149 Å². The molecular weight excluding hydrogens is 316 g/mol. The highest BCUT2D eigenvalue weighted by molar-refractivity contribution is 6.02. The predicted molar refractivity (Wildman–Crippen MR) is 95.7 cm³/mol. The summed E-state index contributed by atoms with van der Waals surface area (Å²) in [6.45, 7) is 6.01. The van der Waals surface area contributed by atoms with Gasteiger partial charge in [0.2, 0.25) is 5.91 Å². The lowest BCUT2D eigenvalue weighted by atomic mass is 9.88. The average Bonchev–Trinajstić information content (AvgIpc) is 3.18. The molecule has 0 saturated heterocycles. The molecule has 1 aliphatic heterocycles. The van der Waals surface area contributed by atoms with Crippen LogP contribution in [0.15, 0.2) is 23.5 Å². The van der Waals surface area contributed by atoms with Gasteiger partial charge in [-0.2, -0.15) is 5.10 Å². The highest BCUT2D eigenvalue weighted by atomic mass is 16.2. The number of fused-ring (bicyclic) bond motifs is 1. The second-order valence-corrected chi connectivity index (χ2v) is 6.97. The van der Waals surface area contributed by atoms with Gasteiger partial charge in [-0.3, -0.25) is 14.3 Å². The van der Waals surface area contributed by atoms with Gasteiger partial charge >= 0.3 is 0 Å². The van der Waals surface area contributed by atoms with E-state index in [1.807, 2.05) is 47.8 Å². The van der Waals surface area contributed by atoms with Crippen molar-refractivity contribution in [2.75, 3.05) is 13.6 Å². The predicted octanol–water partition coefficient (Wildman–Crippen LogP) is 2.35. The number of carbonyl (C=O) groups excluding carboxylic acids is 2. The first-order valence-electron chi connectivity index (χ1n) is 9.33. The molecule has 3 rings (SSSR count). The molecule has 6 nitrogen and oxygen atoms in total. The van der Waals surface area contributed by atoms with Gasteiger partial charge in [-0.1, -0.05) is 6.42 Å². The van der Waals surface area contributed by atoms with Gasteiger partial charge < -0.3 is 9.80 Å². The lowest BCUT2D eigenvalue weighted by Crippen LogP contribution is -2.34. The van der Waals surface area contributed by atoms with Crippen molar-refractivity contribution in [1.29, 1.82) is 0 Å². The molecule has 0 bridgehead atoms. The Kier molecular flexibility index (Phi) is 5.25. The Morgan fingerprint density at radius 1 is 1.36 bits per heavy atom. The van der Waals surface area contributed by atoms with Gasteiger partial charge in [0, 0.05) is 44.0 Å². The number of hydrogen-bond donors (Lipinski definition) is 0. The molecule has 0 radical (unpaired) electrons. The maximum atomic E-state index is 12.8. The maximum Gasteiger partial charge on any atom is 0.250 e. The second kappa shape index (κ2) is 7.42. The van der Waals surface area contributed by atoms with Gasteiger partial charge in [0.25, 0.3) is 5.91 Å². The summed E-state index contributed by atoms with van der Waals surface area (Å²) in [5.74, 6) is 0.0762. The topological polar surface area (TPSA) is 58.4 Å². The minimum Gasteiger partial charge on any atom is -0.338 e. The number of amides is 2. The van der Waals surface area contributed by atoms with Crippen LogP contribution in [0, 0.1) is 0 Å². The Bertz CT molecular complexity index is 691. The maximum absolute atomic E-state index is 12.8. The Balaban J connectivity index is 1.72. The monoisotopic (exact) mass is 344 g/mol. The van der Waals surface area contributed by atoms with Crippen molar-refractivity contribution in [3.63, 3.8) is 0 Å². The molecule has 136 valence electrons. The fourth-order valence-corrected chi connectivity index (χ4v) is 3.98. The molecule has 6 heteroatoms. The molecule has 0 aromatic carbocycles. The number of aromatic nitrogens is 2. The van der Waals surface area contributed by atoms with Gasteiger partial charge in [0.1, 0.15) is 0 Å². The highest BCUT2D eigenvalue weighted by Gasteiger charge is 2.38. The second-order valence-electron chi connectivity index (χ2n) is 6.97. The van der Waals surface area contributed by atoms with Crippen LogP contribution < -0.4 is 0 Å². The summed E-state index contributed by atoms with van der Waals surface area (Å²) in [4.78, 5) is 29.1. The summed E-state index contributed by atoms with van der Waals surface area (Å²) >= 11 is 0. The van der Waals surface area contributed by atoms with Crippen LogP contribution in [0.25, 0.3) is 0 Å². The van der Waals surface area contributed by atoms with E-state index in [1.54, 1.807) is 0 Å². The average molecular weight is 344 g/mol. The third kappa shape index (κ3) is 3.48. The zero-order valence-electron chi connectivity index (χ0n) is 15.5. The molecule has 0 spiro atoms. The molecule has 1 aromatic rings. The molecular formula is C19H28N4O2. The highest BCUT2D eigenvalue weighted by Crippen LogP contribution is 2.37. The van der Waals surface area contributed by atoms with Crippen molar-refractivity contribution in [2.24, 2.45) is 0 Å². The van der Waals surface area contributed by atoms with Crippen molar-refractivity contribution in [3.05, 3.63) is 29.1 Å². The van der Waals surface area contributed by atoms with Crippen LogP contribution in [-0.2, 0) is 22.7 Å². The van der Waals surface area contributed by atoms with Crippen LogP contribution in [0.4, 0.5) is 0 Å². The lowest BCUT2D eigenvalue weighted by Gasteiger charge is -2.26.